The Bertz CT molecular complexity index is 640. The number of hydrogen-bond acceptors (Lipinski definition) is 4. The molecule has 0 aliphatic carbocycles. The molecule has 0 saturated heterocycles. The highest BCUT2D eigenvalue weighted by Crippen LogP contribution is 2.42. The van der Waals surface area contributed by atoms with Crippen molar-refractivity contribution >= 4 is 11.6 Å². The summed E-state index contributed by atoms with van der Waals surface area (Å²) < 4.78 is 10.6. The summed E-state index contributed by atoms with van der Waals surface area (Å²) in [6.45, 7) is 1.76. The zero-order chi connectivity index (χ0) is 14.1. The summed E-state index contributed by atoms with van der Waals surface area (Å²) in [7, 11) is 3.17. The number of methoxy groups -OCH3 is 2. The Kier molecular flexibility index (Phi) is 3.54. The van der Waals surface area contributed by atoms with Crippen molar-refractivity contribution in [2.24, 2.45) is 0 Å². The second-order valence-electron chi connectivity index (χ2n) is 4.62. The second kappa shape index (κ2) is 5.34. The molecule has 0 spiro atoms. The highest BCUT2D eigenvalue weighted by atomic mass is 35.5. The zero-order valence-electron chi connectivity index (χ0n) is 11.4. The van der Waals surface area contributed by atoms with Crippen LogP contribution in [0.4, 0.5) is 0 Å². The van der Waals surface area contributed by atoms with Crippen molar-refractivity contribution in [3.8, 4) is 22.8 Å². The minimum absolute atomic E-state index is 0.520. The fourth-order valence-electron chi connectivity index (χ4n) is 2.52. The van der Waals surface area contributed by atoms with E-state index in [1.807, 2.05) is 12.1 Å². The third kappa shape index (κ3) is 2.03. The van der Waals surface area contributed by atoms with Gasteiger partial charge in [0.2, 0.25) is 0 Å². The number of aromatic amines is 1. The van der Waals surface area contributed by atoms with Crippen molar-refractivity contribution in [3.05, 3.63) is 28.4 Å². The zero-order valence-corrected chi connectivity index (χ0v) is 12.2. The van der Waals surface area contributed by atoms with Gasteiger partial charge in [-0.2, -0.15) is 5.10 Å². The Balaban J connectivity index is 2.13. The first-order valence-corrected chi connectivity index (χ1v) is 6.81. The fraction of sp³-hybridized carbons (Fsp3) is 0.357. The number of aromatic nitrogens is 2. The molecule has 2 heterocycles. The van der Waals surface area contributed by atoms with Gasteiger partial charge in [0, 0.05) is 36.3 Å². The number of fused-ring (bicyclic) bond motifs is 1. The van der Waals surface area contributed by atoms with Gasteiger partial charge in [-0.15, -0.1) is 0 Å². The predicted molar refractivity (Wildman–Crippen MR) is 77.5 cm³/mol. The lowest BCUT2D eigenvalue weighted by atomic mass is 10.0. The van der Waals surface area contributed by atoms with Crippen molar-refractivity contribution in [1.82, 2.24) is 15.5 Å². The number of H-pyrrole nitrogens is 1. The van der Waals surface area contributed by atoms with Crippen LogP contribution in [-0.2, 0) is 13.0 Å². The van der Waals surface area contributed by atoms with Crippen LogP contribution in [-0.4, -0.2) is 31.0 Å². The van der Waals surface area contributed by atoms with Crippen LogP contribution in [0.2, 0.25) is 5.02 Å². The van der Waals surface area contributed by atoms with E-state index in [9.17, 15) is 0 Å². The summed E-state index contributed by atoms with van der Waals surface area (Å²) in [5.74, 6) is 1.15. The summed E-state index contributed by atoms with van der Waals surface area (Å²) in [5, 5.41) is 11.4. The molecular formula is C14H16ClN3O2. The average molecular weight is 294 g/mol. The number of nitrogens with one attached hydrogen (secondary N) is 2. The van der Waals surface area contributed by atoms with Crippen molar-refractivity contribution in [2.75, 3.05) is 20.8 Å². The Morgan fingerprint density at radius 2 is 2.10 bits per heavy atom. The Hall–Kier alpha value is -1.72. The van der Waals surface area contributed by atoms with Crippen LogP contribution in [0, 0.1) is 0 Å². The van der Waals surface area contributed by atoms with Crippen LogP contribution < -0.4 is 14.8 Å². The summed E-state index contributed by atoms with van der Waals surface area (Å²) in [6, 6.07) is 3.76. The third-order valence-corrected chi connectivity index (χ3v) is 3.92. The lowest BCUT2D eigenvalue weighted by Gasteiger charge is -2.15. The lowest BCUT2D eigenvalue weighted by molar-refractivity contribution is 0.355. The van der Waals surface area contributed by atoms with E-state index in [2.05, 4.69) is 15.5 Å². The van der Waals surface area contributed by atoms with Gasteiger partial charge in [0.25, 0.3) is 0 Å². The molecule has 106 valence electrons. The fourth-order valence-corrected chi connectivity index (χ4v) is 2.84. The van der Waals surface area contributed by atoms with E-state index in [1.165, 1.54) is 11.3 Å². The highest BCUT2D eigenvalue weighted by Gasteiger charge is 2.22. The summed E-state index contributed by atoms with van der Waals surface area (Å²) in [6.07, 6.45) is 0.952. The molecule has 1 aliphatic heterocycles. The number of ether oxygens (including phenoxy) is 2. The molecule has 1 aromatic heterocycles. The number of hydrogen-bond donors (Lipinski definition) is 2. The minimum Gasteiger partial charge on any atom is -0.493 e. The van der Waals surface area contributed by atoms with Gasteiger partial charge >= 0.3 is 0 Å². The Morgan fingerprint density at radius 1 is 1.25 bits per heavy atom. The van der Waals surface area contributed by atoms with Gasteiger partial charge in [-0.05, 0) is 12.1 Å². The maximum atomic E-state index is 6.45. The van der Waals surface area contributed by atoms with Gasteiger partial charge in [-0.1, -0.05) is 11.6 Å². The first-order chi connectivity index (χ1) is 9.76. The lowest BCUT2D eigenvalue weighted by Crippen LogP contribution is -2.23. The van der Waals surface area contributed by atoms with Crippen molar-refractivity contribution in [2.45, 2.75) is 13.0 Å². The van der Waals surface area contributed by atoms with E-state index in [4.69, 9.17) is 21.1 Å². The molecule has 0 saturated carbocycles. The molecule has 2 N–H and O–H groups in total. The first kappa shape index (κ1) is 13.3. The van der Waals surface area contributed by atoms with E-state index in [-0.39, 0.29) is 0 Å². The monoisotopic (exact) mass is 293 g/mol. The molecule has 0 atom stereocenters. The highest BCUT2D eigenvalue weighted by molar-refractivity contribution is 6.35. The smallest absolute Gasteiger partial charge is 0.180 e. The maximum absolute atomic E-state index is 6.45. The van der Waals surface area contributed by atoms with Crippen LogP contribution >= 0.6 is 11.6 Å². The van der Waals surface area contributed by atoms with E-state index < -0.39 is 0 Å². The maximum Gasteiger partial charge on any atom is 0.180 e. The molecule has 0 unspecified atom stereocenters. The van der Waals surface area contributed by atoms with Gasteiger partial charge in [-0.3, -0.25) is 5.10 Å². The molecule has 1 aliphatic rings. The minimum atomic E-state index is 0.520. The van der Waals surface area contributed by atoms with Gasteiger partial charge in [-0.25, -0.2) is 0 Å². The average Bonchev–Trinajstić information content (AvgIpc) is 2.90. The van der Waals surface area contributed by atoms with E-state index in [1.54, 1.807) is 14.2 Å². The molecule has 20 heavy (non-hydrogen) atoms. The van der Waals surface area contributed by atoms with Crippen LogP contribution in [0.3, 0.4) is 0 Å². The molecular weight excluding hydrogens is 278 g/mol. The van der Waals surface area contributed by atoms with Crippen LogP contribution in [0.1, 0.15) is 11.3 Å². The van der Waals surface area contributed by atoms with Crippen molar-refractivity contribution in [1.29, 1.82) is 0 Å². The number of halogens is 1. The molecule has 1 aromatic carbocycles. The van der Waals surface area contributed by atoms with E-state index in [0.29, 0.717) is 16.5 Å². The Morgan fingerprint density at radius 3 is 2.85 bits per heavy atom. The van der Waals surface area contributed by atoms with Gasteiger partial charge < -0.3 is 14.8 Å². The molecule has 0 amide bonds. The Labute approximate surface area is 122 Å². The number of benzene rings is 1. The predicted octanol–water partition coefficient (Wildman–Crippen LogP) is 2.39. The largest absolute Gasteiger partial charge is 0.493 e. The number of rotatable bonds is 3. The SMILES string of the molecule is COc1ccc(-c2n[nH]c3c2CNCC3)c(Cl)c1OC. The van der Waals surface area contributed by atoms with Crippen molar-refractivity contribution < 1.29 is 9.47 Å². The molecule has 2 aromatic rings. The molecule has 6 heteroatoms. The molecule has 5 nitrogen and oxygen atoms in total. The topological polar surface area (TPSA) is 59.2 Å². The van der Waals surface area contributed by atoms with Crippen LogP contribution in [0.15, 0.2) is 12.1 Å². The summed E-state index contributed by atoms with van der Waals surface area (Å²) in [5.41, 5.74) is 4.07. The van der Waals surface area contributed by atoms with Crippen LogP contribution in [0.5, 0.6) is 11.5 Å². The number of nitrogens with zero attached hydrogens (tertiary/aromatic N) is 1. The van der Waals surface area contributed by atoms with Crippen LogP contribution in [0.25, 0.3) is 11.3 Å². The van der Waals surface area contributed by atoms with Crippen molar-refractivity contribution in [3.63, 3.8) is 0 Å². The molecule has 0 fully saturated rings. The second-order valence-corrected chi connectivity index (χ2v) is 5.00. The summed E-state index contributed by atoms with van der Waals surface area (Å²) >= 11 is 6.45. The molecule has 0 radical (unpaired) electrons. The van der Waals surface area contributed by atoms with Gasteiger partial charge in [0.15, 0.2) is 11.5 Å². The standard InChI is InChI=1S/C14H16ClN3O2/c1-19-11-4-3-8(12(15)14(11)20-2)13-9-7-16-6-5-10(9)17-18-13/h3-4,16H,5-7H2,1-2H3,(H,17,18). The summed E-state index contributed by atoms with van der Waals surface area (Å²) in [4.78, 5) is 0. The normalized spacial score (nSPS) is 13.9. The first-order valence-electron chi connectivity index (χ1n) is 6.44. The molecule has 0 bridgehead atoms. The van der Waals surface area contributed by atoms with E-state index >= 15 is 0 Å². The van der Waals surface area contributed by atoms with E-state index in [0.717, 1.165) is 30.8 Å². The quantitative estimate of drug-likeness (QED) is 0.912. The van der Waals surface area contributed by atoms with Gasteiger partial charge in [0.1, 0.15) is 0 Å². The third-order valence-electron chi connectivity index (χ3n) is 3.55. The molecule has 3 rings (SSSR count). The van der Waals surface area contributed by atoms with Gasteiger partial charge in [0.05, 0.1) is 24.9 Å².